The molecular weight excluding hydrogens is 410 g/mol. The van der Waals surface area contributed by atoms with Crippen LogP contribution in [0, 0.1) is 5.92 Å². The van der Waals surface area contributed by atoms with Crippen LogP contribution in [0.15, 0.2) is 71.5 Å². The molecule has 7 nitrogen and oxygen atoms in total. The third kappa shape index (κ3) is 8.96. The van der Waals surface area contributed by atoms with E-state index in [1.165, 1.54) is 25.5 Å². The molecule has 2 heterocycles. The van der Waals surface area contributed by atoms with E-state index in [9.17, 15) is 0 Å². The average Bonchev–Trinajstić information content (AvgIpc) is 2.92. The topological polar surface area (TPSA) is 78.7 Å². The Morgan fingerprint density at radius 1 is 1.09 bits per heavy atom. The van der Waals surface area contributed by atoms with E-state index >= 15 is 0 Å². The molecule has 176 valence electrons. The molecule has 1 fully saturated rings. The summed E-state index contributed by atoms with van der Waals surface area (Å²) in [5.41, 5.74) is 1.43. The Bertz CT molecular complexity index is 925. The van der Waals surface area contributed by atoms with Crippen LogP contribution >= 0.6 is 0 Å². The fourth-order valence-corrected chi connectivity index (χ4v) is 3.59. The predicted octanol–water partition coefficient (Wildman–Crippen LogP) is 5.53. The molecule has 2 rings (SSSR count). The monoisotopic (exact) mass is 447 g/mol. The quantitative estimate of drug-likeness (QED) is 0.398. The summed E-state index contributed by atoms with van der Waals surface area (Å²) in [6.07, 6.45) is 20.3. The van der Waals surface area contributed by atoms with Crippen molar-refractivity contribution in [2.24, 2.45) is 15.9 Å². The van der Waals surface area contributed by atoms with Crippen molar-refractivity contribution in [1.29, 1.82) is 0 Å². The van der Waals surface area contributed by atoms with Gasteiger partial charge in [-0.15, -0.1) is 0 Å². The number of hydrogen-bond donors (Lipinski definition) is 1. The van der Waals surface area contributed by atoms with Crippen molar-refractivity contribution >= 4 is 23.8 Å². The summed E-state index contributed by atoms with van der Waals surface area (Å²) >= 11 is 0. The van der Waals surface area contributed by atoms with Gasteiger partial charge >= 0.3 is 0 Å². The van der Waals surface area contributed by atoms with E-state index in [0.717, 1.165) is 37.5 Å². The third-order valence-corrected chi connectivity index (χ3v) is 5.26. The maximum atomic E-state index is 4.80. The molecule has 1 unspecified atom stereocenters. The van der Waals surface area contributed by atoms with E-state index in [-0.39, 0.29) is 0 Å². The molecule has 0 amide bonds. The lowest BCUT2D eigenvalue weighted by Gasteiger charge is -2.23. The van der Waals surface area contributed by atoms with E-state index < -0.39 is 0 Å². The Morgan fingerprint density at radius 3 is 2.61 bits per heavy atom. The number of hydrogen-bond acceptors (Lipinski definition) is 7. The number of allylic oxidation sites excluding steroid dienone is 6. The Balaban J connectivity index is 2.51. The molecule has 1 N–H and O–H groups in total. The number of rotatable bonds is 9. The van der Waals surface area contributed by atoms with Gasteiger partial charge in [0.25, 0.3) is 0 Å². The Kier molecular flexibility index (Phi) is 11.5. The van der Waals surface area contributed by atoms with Gasteiger partial charge in [-0.05, 0) is 50.3 Å². The lowest BCUT2D eigenvalue weighted by Crippen LogP contribution is -2.29. The zero-order chi connectivity index (χ0) is 23.9. The van der Waals surface area contributed by atoms with Crippen molar-refractivity contribution in [3.63, 3.8) is 0 Å². The standard InChI is InChI=1S/C26H37N7/c1-6-9-16-23(28-8-3)24-30-25(29-22(13-7-2)17-18-27-5)32-26(31-24)33-19-11-10-14-21(4)15-12-20-33/h6-9,13,16-18,21H,1,3,10-12,14-15,19-20H2,2,4-5H3,(H,29,30,31,32)/b13-7-,16-9-,22-17+,27-18-,28-23+. The van der Waals surface area contributed by atoms with E-state index in [0.29, 0.717) is 23.4 Å². The van der Waals surface area contributed by atoms with Crippen LogP contribution in [-0.4, -0.2) is 47.0 Å². The van der Waals surface area contributed by atoms with Gasteiger partial charge in [-0.2, -0.15) is 15.0 Å². The molecule has 1 aliphatic rings. The van der Waals surface area contributed by atoms with Gasteiger partial charge in [-0.3, -0.25) is 9.98 Å². The normalized spacial score (nSPS) is 19.0. The largest absolute Gasteiger partial charge is 0.341 e. The van der Waals surface area contributed by atoms with Crippen molar-refractivity contribution in [2.45, 2.75) is 46.0 Å². The van der Waals surface area contributed by atoms with Crippen LogP contribution in [0.25, 0.3) is 0 Å². The van der Waals surface area contributed by atoms with Crippen molar-refractivity contribution in [2.75, 3.05) is 30.4 Å². The van der Waals surface area contributed by atoms with E-state index in [4.69, 9.17) is 9.97 Å². The Morgan fingerprint density at radius 2 is 1.88 bits per heavy atom. The summed E-state index contributed by atoms with van der Waals surface area (Å²) in [6, 6.07) is 0. The molecule has 1 aromatic heterocycles. The van der Waals surface area contributed by atoms with Crippen LogP contribution in [0.1, 0.15) is 51.8 Å². The second-order valence-corrected chi connectivity index (χ2v) is 7.96. The van der Waals surface area contributed by atoms with Crippen molar-refractivity contribution in [3.8, 4) is 0 Å². The second kappa shape index (κ2) is 14.7. The first-order valence-corrected chi connectivity index (χ1v) is 11.6. The zero-order valence-electron chi connectivity index (χ0n) is 20.2. The minimum Gasteiger partial charge on any atom is -0.341 e. The van der Waals surface area contributed by atoms with Crippen molar-refractivity contribution in [3.05, 3.63) is 67.3 Å². The number of aromatic nitrogens is 3. The fourth-order valence-electron chi connectivity index (χ4n) is 3.59. The highest BCUT2D eigenvalue weighted by atomic mass is 15.3. The molecule has 7 heteroatoms. The maximum absolute atomic E-state index is 4.80. The first-order valence-electron chi connectivity index (χ1n) is 11.6. The number of anilines is 2. The van der Waals surface area contributed by atoms with Gasteiger partial charge in [-0.25, -0.2) is 0 Å². The summed E-state index contributed by atoms with van der Waals surface area (Å²) in [6.45, 7) is 13.6. The molecule has 0 radical (unpaired) electrons. The summed E-state index contributed by atoms with van der Waals surface area (Å²) < 4.78 is 0. The van der Waals surface area contributed by atoms with Gasteiger partial charge in [0.15, 0.2) is 5.82 Å². The molecule has 0 aliphatic carbocycles. The van der Waals surface area contributed by atoms with Crippen molar-refractivity contribution < 1.29 is 0 Å². The van der Waals surface area contributed by atoms with E-state index in [1.807, 2.05) is 37.3 Å². The van der Waals surface area contributed by atoms with Gasteiger partial charge in [0, 0.05) is 38.2 Å². The lowest BCUT2D eigenvalue weighted by molar-refractivity contribution is 0.471. The maximum Gasteiger partial charge on any atom is 0.232 e. The number of nitrogens with zero attached hydrogens (tertiary/aromatic N) is 6. The summed E-state index contributed by atoms with van der Waals surface area (Å²) in [7, 11) is 1.73. The average molecular weight is 448 g/mol. The smallest absolute Gasteiger partial charge is 0.232 e. The van der Waals surface area contributed by atoms with Crippen molar-refractivity contribution in [1.82, 2.24) is 15.0 Å². The van der Waals surface area contributed by atoms with E-state index in [2.05, 4.69) is 45.3 Å². The minimum absolute atomic E-state index is 0.459. The molecule has 0 bridgehead atoms. The van der Waals surface area contributed by atoms with Crippen LogP contribution in [-0.2, 0) is 0 Å². The second-order valence-electron chi connectivity index (χ2n) is 7.96. The minimum atomic E-state index is 0.459. The molecule has 1 aliphatic heterocycles. The first-order chi connectivity index (χ1) is 16.1. The molecule has 1 atom stereocenters. The Hall–Kier alpha value is -3.35. The number of nitrogens with one attached hydrogen (secondary N) is 1. The molecule has 0 saturated carbocycles. The highest BCUT2D eigenvalue weighted by molar-refractivity contribution is 6.06. The van der Waals surface area contributed by atoms with Crippen LogP contribution in [0.5, 0.6) is 0 Å². The molecule has 1 saturated heterocycles. The Labute approximate surface area is 198 Å². The predicted molar refractivity (Wildman–Crippen MR) is 141 cm³/mol. The van der Waals surface area contributed by atoms with Gasteiger partial charge < -0.3 is 10.2 Å². The lowest BCUT2D eigenvalue weighted by atomic mass is 10.00. The third-order valence-electron chi connectivity index (χ3n) is 5.26. The highest BCUT2D eigenvalue weighted by Crippen LogP contribution is 2.21. The fraction of sp³-hybridized carbons (Fsp3) is 0.423. The summed E-state index contributed by atoms with van der Waals surface area (Å²) in [4.78, 5) is 24.9. The molecule has 1 aromatic rings. The molecule has 0 spiro atoms. The van der Waals surface area contributed by atoms with Crippen LogP contribution in [0.3, 0.4) is 0 Å². The van der Waals surface area contributed by atoms with Gasteiger partial charge in [-0.1, -0.05) is 51.2 Å². The molecule has 0 aromatic carbocycles. The highest BCUT2D eigenvalue weighted by Gasteiger charge is 2.17. The number of aliphatic imine (C=N–C) groups is 2. The zero-order valence-corrected chi connectivity index (χ0v) is 20.2. The van der Waals surface area contributed by atoms with Gasteiger partial charge in [0.05, 0.1) is 0 Å². The SMILES string of the molecule is C=C/C=C\C(=N/C=C)c1nc(NC(/C=C\C)=C/C=N\C)nc(N2CCCCC(C)CCC2)n1. The first kappa shape index (κ1) is 25.9. The van der Waals surface area contributed by atoms with Crippen LogP contribution < -0.4 is 10.2 Å². The molecule has 33 heavy (non-hydrogen) atoms. The van der Waals surface area contributed by atoms with Crippen LogP contribution in [0.4, 0.5) is 11.9 Å². The summed E-state index contributed by atoms with van der Waals surface area (Å²) in [5.74, 6) is 2.36. The van der Waals surface area contributed by atoms with Gasteiger partial charge in [0.1, 0.15) is 5.71 Å². The summed E-state index contributed by atoms with van der Waals surface area (Å²) in [5, 5.41) is 3.30. The van der Waals surface area contributed by atoms with Crippen LogP contribution in [0.2, 0.25) is 0 Å². The van der Waals surface area contributed by atoms with Gasteiger partial charge in [0.2, 0.25) is 11.9 Å². The molecular formula is C26H37N7. The van der Waals surface area contributed by atoms with E-state index in [1.54, 1.807) is 19.3 Å².